The fraction of sp³-hybridized carbons (Fsp3) is 0.357. The summed E-state index contributed by atoms with van der Waals surface area (Å²) in [5.74, 6) is 1.76. The van der Waals surface area contributed by atoms with Gasteiger partial charge in [0.1, 0.15) is 12.3 Å². The van der Waals surface area contributed by atoms with Crippen molar-refractivity contribution >= 4 is 29.2 Å². The van der Waals surface area contributed by atoms with Crippen molar-refractivity contribution in [2.45, 2.75) is 13.1 Å². The fourth-order valence-corrected chi connectivity index (χ4v) is 4.55. The quantitative estimate of drug-likeness (QED) is 0.404. The van der Waals surface area contributed by atoms with Crippen LogP contribution in [0.1, 0.15) is 11.3 Å². The number of hydrogen-bond donors (Lipinski definition) is 1. The van der Waals surface area contributed by atoms with Gasteiger partial charge in [-0.25, -0.2) is 4.79 Å². The van der Waals surface area contributed by atoms with E-state index < -0.39 is 0 Å². The Hall–Kier alpha value is -3.73. The number of carbonyl (C=O) groups excluding carboxylic acids is 2. The third kappa shape index (κ3) is 7.44. The SMILES string of the molecule is O=C(CN(CCN1CCOCC1)C(=O)Nc1ccc(Cl)cc1)N(Cc1ccc2c(c1)OCO2)Cc1ccco1. The lowest BCUT2D eigenvalue weighted by Gasteiger charge is -2.31. The van der Waals surface area contributed by atoms with Gasteiger partial charge in [0.05, 0.1) is 26.0 Å². The van der Waals surface area contributed by atoms with Gasteiger partial charge in [0.15, 0.2) is 11.5 Å². The number of halogens is 1. The average Bonchev–Trinajstić information content (AvgIpc) is 3.64. The highest BCUT2D eigenvalue weighted by Gasteiger charge is 2.24. The molecule has 2 aliphatic heterocycles. The van der Waals surface area contributed by atoms with Gasteiger partial charge < -0.3 is 33.7 Å². The Balaban J connectivity index is 1.31. The molecule has 39 heavy (non-hydrogen) atoms. The molecule has 2 aromatic carbocycles. The zero-order valence-electron chi connectivity index (χ0n) is 21.5. The van der Waals surface area contributed by atoms with Gasteiger partial charge in [0, 0.05) is 43.4 Å². The second kappa shape index (κ2) is 12.9. The van der Waals surface area contributed by atoms with E-state index in [1.807, 2.05) is 24.3 Å². The molecule has 2 aliphatic rings. The molecule has 0 spiro atoms. The number of anilines is 1. The van der Waals surface area contributed by atoms with Gasteiger partial charge in [-0.05, 0) is 54.1 Å². The smallest absolute Gasteiger partial charge is 0.322 e. The zero-order valence-corrected chi connectivity index (χ0v) is 22.3. The number of furan rings is 1. The van der Waals surface area contributed by atoms with Crippen molar-refractivity contribution in [3.63, 3.8) is 0 Å². The van der Waals surface area contributed by atoms with E-state index in [-0.39, 0.29) is 31.8 Å². The van der Waals surface area contributed by atoms with E-state index in [1.165, 1.54) is 0 Å². The van der Waals surface area contributed by atoms with Crippen molar-refractivity contribution in [2.75, 3.05) is 58.0 Å². The highest BCUT2D eigenvalue weighted by Crippen LogP contribution is 2.33. The third-order valence-corrected chi connectivity index (χ3v) is 6.84. The molecule has 3 aromatic rings. The van der Waals surface area contributed by atoms with Crippen LogP contribution in [0.4, 0.5) is 10.5 Å². The normalized spacial score (nSPS) is 14.7. The van der Waals surface area contributed by atoms with Gasteiger partial charge in [-0.2, -0.15) is 0 Å². The number of rotatable bonds is 10. The van der Waals surface area contributed by atoms with Crippen LogP contribution in [0, 0.1) is 0 Å². The highest BCUT2D eigenvalue weighted by molar-refractivity contribution is 6.30. The lowest BCUT2D eigenvalue weighted by molar-refractivity contribution is -0.133. The van der Waals surface area contributed by atoms with Crippen molar-refractivity contribution in [3.8, 4) is 11.5 Å². The second-order valence-electron chi connectivity index (χ2n) is 9.33. The predicted octanol–water partition coefficient (Wildman–Crippen LogP) is 4.06. The minimum atomic E-state index is -0.361. The minimum Gasteiger partial charge on any atom is -0.467 e. The number of ether oxygens (including phenoxy) is 3. The Kier molecular flexibility index (Phi) is 8.87. The number of benzene rings is 2. The van der Waals surface area contributed by atoms with E-state index in [0.29, 0.717) is 60.8 Å². The fourth-order valence-electron chi connectivity index (χ4n) is 4.42. The molecule has 0 saturated carbocycles. The molecule has 0 aliphatic carbocycles. The van der Waals surface area contributed by atoms with Crippen LogP contribution in [0.2, 0.25) is 5.02 Å². The summed E-state index contributed by atoms with van der Waals surface area (Å²) in [5, 5.41) is 3.46. The highest BCUT2D eigenvalue weighted by atomic mass is 35.5. The van der Waals surface area contributed by atoms with Gasteiger partial charge in [0.2, 0.25) is 12.7 Å². The number of urea groups is 1. The zero-order chi connectivity index (χ0) is 27.0. The molecule has 1 saturated heterocycles. The molecule has 3 amide bonds. The number of carbonyl (C=O) groups is 2. The summed E-state index contributed by atoms with van der Waals surface area (Å²) in [6.07, 6.45) is 1.58. The van der Waals surface area contributed by atoms with E-state index in [2.05, 4.69) is 10.2 Å². The van der Waals surface area contributed by atoms with E-state index in [1.54, 1.807) is 46.4 Å². The van der Waals surface area contributed by atoms with Gasteiger partial charge >= 0.3 is 6.03 Å². The average molecular weight is 555 g/mol. The molecule has 3 heterocycles. The maximum absolute atomic E-state index is 13.7. The van der Waals surface area contributed by atoms with Crippen LogP contribution in [-0.2, 0) is 22.6 Å². The van der Waals surface area contributed by atoms with Crippen LogP contribution in [0.5, 0.6) is 11.5 Å². The number of fused-ring (bicyclic) bond motifs is 1. The molecule has 11 heteroatoms. The number of nitrogens with one attached hydrogen (secondary N) is 1. The van der Waals surface area contributed by atoms with Crippen molar-refractivity contribution in [2.24, 2.45) is 0 Å². The van der Waals surface area contributed by atoms with Crippen LogP contribution in [0.15, 0.2) is 65.3 Å². The summed E-state index contributed by atoms with van der Waals surface area (Å²) >= 11 is 5.99. The molecule has 0 bridgehead atoms. The van der Waals surface area contributed by atoms with Crippen LogP contribution < -0.4 is 14.8 Å². The Morgan fingerprint density at radius 2 is 1.74 bits per heavy atom. The number of morpholine rings is 1. The molecule has 0 atom stereocenters. The maximum Gasteiger partial charge on any atom is 0.322 e. The Morgan fingerprint density at radius 1 is 0.949 bits per heavy atom. The summed E-state index contributed by atoms with van der Waals surface area (Å²) in [4.78, 5) is 32.5. The van der Waals surface area contributed by atoms with E-state index in [4.69, 9.17) is 30.2 Å². The number of amides is 3. The minimum absolute atomic E-state index is 0.102. The first kappa shape index (κ1) is 26.9. The Morgan fingerprint density at radius 3 is 2.51 bits per heavy atom. The molecule has 1 N–H and O–H groups in total. The molecule has 10 nitrogen and oxygen atoms in total. The Labute approximate surface area is 232 Å². The first-order valence-electron chi connectivity index (χ1n) is 12.8. The lowest BCUT2D eigenvalue weighted by atomic mass is 10.2. The standard InChI is InChI=1S/C28H31ClN4O6/c29-22-4-6-23(7-5-22)30-28(35)32(10-9-31-11-14-36-15-12-31)19-27(34)33(18-24-2-1-13-37-24)17-21-3-8-25-26(16-21)39-20-38-25/h1-8,13,16H,9-12,14-15,17-20H2,(H,30,35). The summed E-state index contributed by atoms with van der Waals surface area (Å²) in [7, 11) is 0. The maximum atomic E-state index is 13.7. The van der Waals surface area contributed by atoms with E-state index in [9.17, 15) is 9.59 Å². The molecular formula is C28H31ClN4O6. The van der Waals surface area contributed by atoms with Gasteiger partial charge in [-0.3, -0.25) is 9.69 Å². The summed E-state index contributed by atoms with van der Waals surface area (Å²) in [5.41, 5.74) is 1.48. The van der Waals surface area contributed by atoms with Crippen molar-refractivity contribution < 1.29 is 28.2 Å². The molecule has 0 radical (unpaired) electrons. The first-order chi connectivity index (χ1) is 19.0. The van der Waals surface area contributed by atoms with Crippen molar-refractivity contribution in [3.05, 3.63) is 77.2 Å². The van der Waals surface area contributed by atoms with Gasteiger partial charge in [-0.15, -0.1) is 0 Å². The summed E-state index contributed by atoms with van der Waals surface area (Å²) in [6.45, 7) is 4.54. The number of nitrogens with zero attached hydrogens (tertiary/aromatic N) is 3. The monoisotopic (exact) mass is 554 g/mol. The predicted molar refractivity (Wildman–Crippen MR) is 145 cm³/mol. The molecule has 206 valence electrons. The lowest BCUT2D eigenvalue weighted by Crippen LogP contribution is -2.48. The first-order valence-corrected chi connectivity index (χ1v) is 13.2. The second-order valence-corrected chi connectivity index (χ2v) is 9.77. The van der Waals surface area contributed by atoms with Crippen LogP contribution in [-0.4, -0.2) is 79.4 Å². The summed E-state index contributed by atoms with van der Waals surface area (Å²) < 4.78 is 21.9. The summed E-state index contributed by atoms with van der Waals surface area (Å²) in [6, 6.07) is 15.7. The molecule has 0 unspecified atom stereocenters. The third-order valence-electron chi connectivity index (χ3n) is 6.59. The molecular weight excluding hydrogens is 524 g/mol. The van der Waals surface area contributed by atoms with Gasteiger partial charge in [0.25, 0.3) is 0 Å². The van der Waals surface area contributed by atoms with Crippen LogP contribution in [0.3, 0.4) is 0 Å². The largest absolute Gasteiger partial charge is 0.467 e. The van der Waals surface area contributed by atoms with Crippen molar-refractivity contribution in [1.29, 1.82) is 0 Å². The molecule has 1 aromatic heterocycles. The molecule has 1 fully saturated rings. The van der Waals surface area contributed by atoms with Crippen LogP contribution >= 0.6 is 11.6 Å². The van der Waals surface area contributed by atoms with E-state index >= 15 is 0 Å². The van der Waals surface area contributed by atoms with Crippen molar-refractivity contribution in [1.82, 2.24) is 14.7 Å². The van der Waals surface area contributed by atoms with E-state index in [0.717, 1.165) is 18.7 Å². The van der Waals surface area contributed by atoms with Crippen LogP contribution in [0.25, 0.3) is 0 Å². The Bertz CT molecular complexity index is 1250. The topological polar surface area (TPSA) is 96.7 Å². The number of hydrogen-bond acceptors (Lipinski definition) is 7. The van der Waals surface area contributed by atoms with Gasteiger partial charge in [-0.1, -0.05) is 17.7 Å². The molecule has 5 rings (SSSR count).